The lowest BCUT2D eigenvalue weighted by molar-refractivity contribution is 0.191. The van der Waals surface area contributed by atoms with Crippen LogP contribution in [0, 0.1) is 24.7 Å². The van der Waals surface area contributed by atoms with Crippen molar-refractivity contribution in [2.45, 2.75) is 52.6 Å². The molecule has 0 radical (unpaired) electrons. The van der Waals surface area contributed by atoms with E-state index in [1.165, 1.54) is 30.6 Å². The summed E-state index contributed by atoms with van der Waals surface area (Å²) in [5, 5.41) is 9.94. The van der Waals surface area contributed by atoms with Gasteiger partial charge in [-0.25, -0.2) is 0 Å². The van der Waals surface area contributed by atoms with Gasteiger partial charge in [-0.2, -0.15) is 0 Å². The standard InChI is InChI=1S/C22H29ClO2S/c1-15-10-18(23)12-19(11-15)25-14-17-7-6-16(2)22(17)5-3-4-20-8-9-21(13-24)26-20/h8-12,16-17,22,24H,3-7,13-14H2,1-2H3/t16-,17?,22+/m1/s1. The predicted molar refractivity (Wildman–Crippen MR) is 110 cm³/mol. The minimum absolute atomic E-state index is 0.159. The van der Waals surface area contributed by atoms with Gasteiger partial charge in [-0.3, -0.25) is 0 Å². The molecule has 1 saturated carbocycles. The number of hydrogen-bond acceptors (Lipinski definition) is 3. The SMILES string of the molecule is Cc1cc(Cl)cc(OCC2CC[C@@H](C)[C@@H]2CCCc2ccc(CO)s2)c1. The zero-order chi connectivity index (χ0) is 18.5. The predicted octanol–water partition coefficient (Wildman–Crippen LogP) is 6.27. The molecular weight excluding hydrogens is 364 g/mol. The lowest BCUT2D eigenvalue weighted by Gasteiger charge is -2.23. The van der Waals surface area contributed by atoms with Crippen molar-refractivity contribution >= 4 is 22.9 Å². The molecule has 1 heterocycles. The van der Waals surface area contributed by atoms with Crippen LogP contribution in [0.15, 0.2) is 30.3 Å². The van der Waals surface area contributed by atoms with Crippen molar-refractivity contribution < 1.29 is 9.84 Å². The summed E-state index contributed by atoms with van der Waals surface area (Å²) < 4.78 is 6.10. The van der Waals surface area contributed by atoms with Crippen LogP contribution in [0.5, 0.6) is 5.75 Å². The molecule has 0 saturated heterocycles. The first-order valence-corrected chi connectivity index (χ1v) is 10.8. The Hall–Kier alpha value is -1.03. The van der Waals surface area contributed by atoms with Crippen LogP contribution >= 0.6 is 22.9 Å². The molecule has 1 aromatic carbocycles. The van der Waals surface area contributed by atoms with Gasteiger partial charge in [-0.1, -0.05) is 24.9 Å². The lowest BCUT2D eigenvalue weighted by Crippen LogP contribution is -2.20. The average molecular weight is 393 g/mol. The van der Waals surface area contributed by atoms with E-state index in [2.05, 4.69) is 19.1 Å². The third-order valence-corrected chi connectivity index (χ3v) is 6.99. The minimum Gasteiger partial charge on any atom is -0.493 e. The number of aliphatic hydroxyl groups is 1. The summed E-state index contributed by atoms with van der Waals surface area (Å²) in [5.74, 6) is 3.05. The fourth-order valence-electron chi connectivity index (χ4n) is 4.24. The zero-order valence-electron chi connectivity index (χ0n) is 15.7. The van der Waals surface area contributed by atoms with Gasteiger partial charge in [-0.05, 0) is 86.3 Å². The summed E-state index contributed by atoms with van der Waals surface area (Å²) in [4.78, 5) is 2.46. The Morgan fingerprint density at radius 3 is 2.73 bits per heavy atom. The van der Waals surface area contributed by atoms with Crippen LogP contribution in [0.3, 0.4) is 0 Å². The average Bonchev–Trinajstić information content (AvgIpc) is 3.20. The normalized spacial score (nSPS) is 22.7. The summed E-state index contributed by atoms with van der Waals surface area (Å²) in [7, 11) is 0. The molecular formula is C22H29ClO2S. The van der Waals surface area contributed by atoms with E-state index in [-0.39, 0.29) is 6.61 Å². The number of benzene rings is 1. The van der Waals surface area contributed by atoms with Gasteiger partial charge < -0.3 is 9.84 Å². The number of aliphatic hydroxyl groups excluding tert-OH is 1. The number of halogens is 1. The van der Waals surface area contributed by atoms with Crippen molar-refractivity contribution in [2.24, 2.45) is 17.8 Å². The molecule has 1 N–H and O–H groups in total. The fourth-order valence-corrected chi connectivity index (χ4v) is 5.44. The molecule has 2 nitrogen and oxygen atoms in total. The maximum absolute atomic E-state index is 9.19. The molecule has 3 rings (SSSR count). The molecule has 1 aromatic heterocycles. The van der Waals surface area contributed by atoms with E-state index in [1.54, 1.807) is 11.3 Å². The van der Waals surface area contributed by atoms with Gasteiger partial charge >= 0.3 is 0 Å². The van der Waals surface area contributed by atoms with Crippen LogP contribution in [0.1, 0.15) is 47.9 Å². The highest BCUT2D eigenvalue weighted by Crippen LogP contribution is 2.40. The van der Waals surface area contributed by atoms with Crippen molar-refractivity contribution in [1.29, 1.82) is 0 Å². The van der Waals surface area contributed by atoms with Crippen LogP contribution < -0.4 is 4.74 Å². The molecule has 142 valence electrons. The van der Waals surface area contributed by atoms with E-state index < -0.39 is 0 Å². The summed E-state index contributed by atoms with van der Waals surface area (Å²) in [6, 6.07) is 10.1. The second kappa shape index (κ2) is 9.25. The highest BCUT2D eigenvalue weighted by Gasteiger charge is 2.33. The smallest absolute Gasteiger partial charge is 0.121 e. The summed E-state index contributed by atoms with van der Waals surface area (Å²) in [6.07, 6.45) is 6.16. The molecule has 1 aliphatic carbocycles. The topological polar surface area (TPSA) is 29.5 Å². The van der Waals surface area contributed by atoms with Gasteiger partial charge in [0.05, 0.1) is 13.2 Å². The highest BCUT2D eigenvalue weighted by atomic mass is 35.5. The largest absolute Gasteiger partial charge is 0.493 e. The molecule has 2 aromatic rings. The van der Waals surface area contributed by atoms with Gasteiger partial charge in [0.2, 0.25) is 0 Å². The molecule has 4 heteroatoms. The maximum Gasteiger partial charge on any atom is 0.121 e. The van der Waals surface area contributed by atoms with Crippen molar-refractivity contribution in [1.82, 2.24) is 0 Å². The van der Waals surface area contributed by atoms with Crippen LogP contribution in [-0.2, 0) is 13.0 Å². The molecule has 0 aliphatic heterocycles. The third-order valence-electron chi connectivity index (χ3n) is 5.64. The second-order valence-corrected chi connectivity index (χ2v) is 9.36. The van der Waals surface area contributed by atoms with Crippen molar-refractivity contribution in [3.05, 3.63) is 50.7 Å². The van der Waals surface area contributed by atoms with E-state index in [0.717, 1.165) is 46.1 Å². The number of hydrogen-bond donors (Lipinski definition) is 1. The van der Waals surface area contributed by atoms with Gasteiger partial charge in [0.25, 0.3) is 0 Å². The Balaban J connectivity index is 1.50. The summed E-state index contributed by atoms with van der Waals surface area (Å²) in [6.45, 7) is 5.39. The second-order valence-electron chi connectivity index (χ2n) is 7.67. The number of rotatable bonds is 8. The molecule has 3 atom stereocenters. The molecule has 0 amide bonds. The molecule has 1 unspecified atom stereocenters. The number of ether oxygens (including phenoxy) is 1. The first-order valence-electron chi connectivity index (χ1n) is 9.63. The quantitative estimate of drug-likeness (QED) is 0.573. The molecule has 26 heavy (non-hydrogen) atoms. The highest BCUT2D eigenvalue weighted by molar-refractivity contribution is 7.11. The van der Waals surface area contributed by atoms with E-state index in [4.69, 9.17) is 16.3 Å². The lowest BCUT2D eigenvalue weighted by atomic mass is 9.86. The van der Waals surface area contributed by atoms with Gasteiger partial charge in [0, 0.05) is 14.8 Å². The monoisotopic (exact) mass is 392 g/mol. The molecule has 1 fully saturated rings. The maximum atomic E-state index is 9.19. The van der Waals surface area contributed by atoms with E-state index in [1.807, 2.05) is 25.1 Å². The van der Waals surface area contributed by atoms with Crippen LogP contribution in [0.25, 0.3) is 0 Å². The van der Waals surface area contributed by atoms with E-state index in [9.17, 15) is 5.11 Å². The Kier molecular flexibility index (Phi) is 7.02. The number of aryl methyl sites for hydroxylation is 2. The van der Waals surface area contributed by atoms with Gasteiger partial charge in [0.15, 0.2) is 0 Å². The van der Waals surface area contributed by atoms with E-state index in [0.29, 0.717) is 5.92 Å². The molecule has 0 bridgehead atoms. The Morgan fingerprint density at radius 1 is 1.19 bits per heavy atom. The fraction of sp³-hybridized carbons (Fsp3) is 0.545. The minimum atomic E-state index is 0.159. The van der Waals surface area contributed by atoms with Gasteiger partial charge in [0.1, 0.15) is 5.75 Å². The van der Waals surface area contributed by atoms with E-state index >= 15 is 0 Å². The molecule has 0 spiro atoms. The van der Waals surface area contributed by atoms with Crippen LogP contribution in [0.2, 0.25) is 5.02 Å². The third kappa shape index (κ3) is 5.25. The van der Waals surface area contributed by atoms with Gasteiger partial charge in [-0.15, -0.1) is 11.3 Å². The Labute approximate surface area is 166 Å². The Morgan fingerprint density at radius 2 is 2.00 bits per heavy atom. The van der Waals surface area contributed by atoms with Crippen molar-refractivity contribution in [3.8, 4) is 5.75 Å². The molecule has 1 aliphatic rings. The summed E-state index contributed by atoms with van der Waals surface area (Å²) in [5.41, 5.74) is 1.14. The zero-order valence-corrected chi connectivity index (χ0v) is 17.3. The number of thiophene rings is 1. The van der Waals surface area contributed by atoms with Crippen molar-refractivity contribution in [3.63, 3.8) is 0 Å². The summed E-state index contributed by atoms with van der Waals surface area (Å²) >= 11 is 7.88. The van der Waals surface area contributed by atoms with Crippen molar-refractivity contribution in [2.75, 3.05) is 6.61 Å². The van der Waals surface area contributed by atoms with Crippen LogP contribution in [0.4, 0.5) is 0 Å². The first-order chi connectivity index (χ1) is 12.5. The first kappa shape index (κ1) is 19.7. The Bertz CT molecular complexity index is 692. The van der Waals surface area contributed by atoms with Crippen LogP contribution in [-0.4, -0.2) is 11.7 Å².